The first kappa shape index (κ1) is 41.5. The molecule has 20 heteroatoms. The van der Waals surface area contributed by atoms with Gasteiger partial charge >= 0.3 is 18.5 Å². The Balaban J connectivity index is 1.41. The molecule has 3 aromatic rings. The van der Waals surface area contributed by atoms with Crippen molar-refractivity contribution in [2.75, 3.05) is 29.9 Å². The minimum Gasteiger partial charge on any atom is -0.373 e. The molecule has 9 nitrogen and oxygen atoms in total. The number of hydrogen-bond donors (Lipinski definition) is 4. The Labute approximate surface area is 313 Å². The molecular formula is C34H37Cl2F9N6O3. The van der Waals surface area contributed by atoms with Crippen molar-refractivity contribution < 1.29 is 54.2 Å². The van der Waals surface area contributed by atoms with Crippen molar-refractivity contribution in [3.63, 3.8) is 0 Å². The highest BCUT2D eigenvalue weighted by molar-refractivity contribution is 6.39. The number of piperidine rings is 1. The zero-order valence-corrected chi connectivity index (χ0v) is 30.4. The van der Waals surface area contributed by atoms with Crippen LogP contribution in [0.3, 0.4) is 0 Å². The van der Waals surface area contributed by atoms with Crippen LogP contribution in [-0.4, -0.2) is 70.2 Å². The van der Waals surface area contributed by atoms with Crippen LogP contribution < -0.4 is 20.9 Å². The lowest BCUT2D eigenvalue weighted by atomic mass is 9.81. The predicted molar refractivity (Wildman–Crippen MR) is 184 cm³/mol. The summed E-state index contributed by atoms with van der Waals surface area (Å²) in [5, 5.41) is 17.4. The average Bonchev–Trinajstić information content (AvgIpc) is 3.40. The van der Waals surface area contributed by atoms with Gasteiger partial charge in [-0.3, -0.25) is 9.59 Å². The molecule has 2 amide bonds. The van der Waals surface area contributed by atoms with Gasteiger partial charge in [0.15, 0.2) is 0 Å². The Hall–Kier alpha value is -3.64. The van der Waals surface area contributed by atoms with Crippen molar-refractivity contribution >= 4 is 63.4 Å². The number of hydrogen-bond acceptors (Lipinski definition) is 6. The smallest absolute Gasteiger partial charge is 0.373 e. The first-order chi connectivity index (χ1) is 25.0. The molecule has 1 aliphatic carbocycles. The standard InChI is InChI=1S/C34H37Cl2F9N6O3/c1-31(54,34(43,44)45)29(53)47-16-18-5-8-22(35)27(26(18)36)49-30-48-23-13-21(28(52)46-15-17-3-6-19(7-4-17)32(37,38)39)24(14-25(23)50(30)2)51-11-9-20(10-12-51)33(40,41)42/h5,8,13-14,17,19-20,54H,3-4,6-7,9-12,15-16H2,1-2H3,(H,46,52)(H,47,53)(H,48,49)/t17?,19?,31-/m1/s1. The summed E-state index contributed by atoms with van der Waals surface area (Å²) in [5.74, 6) is -5.25. The van der Waals surface area contributed by atoms with E-state index in [0.717, 1.165) is 0 Å². The van der Waals surface area contributed by atoms with E-state index in [2.05, 4.69) is 15.6 Å². The number of aliphatic hydroxyl groups is 1. The molecule has 2 fully saturated rings. The van der Waals surface area contributed by atoms with Crippen molar-refractivity contribution in [1.29, 1.82) is 0 Å². The van der Waals surface area contributed by atoms with Gasteiger partial charge < -0.3 is 30.5 Å². The summed E-state index contributed by atoms with van der Waals surface area (Å²) in [5.41, 5.74) is -2.33. The largest absolute Gasteiger partial charge is 0.426 e. The zero-order valence-electron chi connectivity index (χ0n) is 28.9. The van der Waals surface area contributed by atoms with Gasteiger partial charge in [-0.1, -0.05) is 29.3 Å². The number of alkyl halides is 9. The molecule has 1 saturated carbocycles. The zero-order chi connectivity index (χ0) is 40.0. The quantitative estimate of drug-likeness (QED) is 0.162. The van der Waals surface area contributed by atoms with E-state index in [1.54, 1.807) is 22.6 Å². The molecule has 5 rings (SSSR count). The third kappa shape index (κ3) is 8.91. The fourth-order valence-corrected chi connectivity index (χ4v) is 7.22. The number of aryl methyl sites for hydroxylation is 1. The van der Waals surface area contributed by atoms with E-state index in [4.69, 9.17) is 23.2 Å². The summed E-state index contributed by atoms with van der Waals surface area (Å²) < 4.78 is 121. The molecule has 1 atom stereocenters. The van der Waals surface area contributed by atoms with Gasteiger partial charge in [0.1, 0.15) is 0 Å². The van der Waals surface area contributed by atoms with E-state index >= 15 is 0 Å². The number of nitrogens with zero attached hydrogens (tertiary/aromatic N) is 3. The van der Waals surface area contributed by atoms with Crippen LogP contribution in [0.25, 0.3) is 11.0 Å². The molecule has 0 radical (unpaired) electrons. The SMILES string of the molecule is Cn1c(Nc2c(Cl)ccc(CNC(=O)[C@@](C)(O)C(F)(F)F)c2Cl)nc2cc(C(=O)NCC3CCC(C(F)(F)F)CC3)c(N3CCC(C(F)(F)F)CC3)cc21. The van der Waals surface area contributed by atoms with Gasteiger partial charge in [-0.05, 0) is 75.1 Å². The van der Waals surface area contributed by atoms with Gasteiger partial charge in [-0.2, -0.15) is 39.5 Å². The first-order valence-corrected chi connectivity index (χ1v) is 17.7. The Morgan fingerprint density at radius 3 is 2.06 bits per heavy atom. The number of anilines is 3. The van der Waals surface area contributed by atoms with Crippen LogP contribution in [0.5, 0.6) is 0 Å². The lowest BCUT2D eigenvalue weighted by Crippen LogP contribution is -2.54. The predicted octanol–water partition coefficient (Wildman–Crippen LogP) is 8.43. The van der Waals surface area contributed by atoms with Crippen LogP contribution in [0, 0.1) is 17.8 Å². The molecule has 2 aromatic carbocycles. The summed E-state index contributed by atoms with van der Waals surface area (Å²) >= 11 is 13.0. The number of amides is 2. The second-order valence-corrected chi connectivity index (χ2v) is 14.7. The molecule has 0 unspecified atom stereocenters. The Morgan fingerprint density at radius 1 is 0.889 bits per heavy atom. The fraction of sp³-hybridized carbons (Fsp3) is 0.559. The number of fused-ring (bicyclic) bond motifs is 1. The number of rotatable bonds is 9. The summed E-state index contributed by atoms with van der Waals surface area (Å²) in [6.45, 7) is -0.120. The molecule has 1 aliphatic heterocycles. The molecule has 0 spiro atoms. The van der Waals surface area contributed by atoms with Crippen LogP contribution in [-0.2, 0) is 18.4 Å². The van der Waals surface area contributed by atoms with Crippen molar-refractivity contribution in [2.45, 2.75) is 76.1 Å². The summed E-state index contributed by atoms with van der Waals surface area (Å²) in [6.07, 6.45) is -13.9. The molecule has 54 heavy (non-hydrogen) atoms. The lowest BCUT2D eigenvalue weighted by Gasteiger charge is -2.35. The van der Waals surface area contributed by atoms with E-state index in [1.165, 1.54) is 18.2 Å². The minimum atomic E-state index is -5.24. The molecule has 298 valence electrons. The number of carbonyl (C=O) groups excluding carboxylic acids is 2. The number of aromatic nitrogens is 2. The third-order valence-corrected chi connectivity index (χ3v) is 11.0. The maximum absolute atomic E-state index is 13.7. The van der Waals surface area contributed by atoms with Gasteiger partial charge in [-0.15, -0.1) is 0 Å². The van der Waals surface area contributed by atoms with Gasteiger partial charge in [0.25, 0.3) is 11.8 Å². The van der Waals surface area contributed by atoms with Crippen LogP contribution in [0.15, 0.2) is 24.3 Å². The van der Waals surface area contributed by atoms with Crippen LogP contribution >= 0.6 is 23.2 Å². The Bertz CT molecular complexity index is 1860. The molecular weight excluding hydrogens is 782 g/mol. The van der Waals surface area contributed by atoms with Crippen molar-refractivity contribution in [2.24, 2.45) is 24.8 Å². The highest BCUT2D eigenvalue weighted by Gasteiger charge is 2.55. The minimum absolute atomic E-state index is 0.00662. The maximum atomic E-state index is 13.7. The number of benzene rings is 2. The monoisotopic (exact) mass is 818 g/mol. The second kappa shape index (κ2) is 15.5. The van der Waals surface area contributed by atoms with Gasteiger partial charge in [-0.25, -0.2) is 4.98 Å². The van der Waals surface area contributed by atoms with E-state index < -0.39 is 54.3 Å². The molecule has 1 aromatic heterocycles. The third-order valence-electron chi connectivity index (χ3n) is 10.2. The molecule has 1 saturated heterocycles. The number of nitrogens with one attached hydrogen (secondary N) is 3. The highest BCUT2D eigenvalue weighted by atomic mass is 35.5. The van der Waals surface area contributed by atoms with Gasteiger partial charge in [0.2, 0.25) is 11.5 Å². The summed E-state index contributed by atoms with van der Waals surface area (Å²) in [4.78, 5) is 32.0. The van der Waals surface area contributed by atoms with Crippen molar-refractivity contribution in [1.82, 2.24) is 20.2 Å². The number of carbonyl (C=O) groups is 2. The molecule has 0 bridgehead atoms. The normalized spacial score (nSPS) is 20.1. The average molecular weight is 820 g/mol. The van der Waals surface area contributed by atoms with Gasteiger partial charge in [0, 0.05) is 33.2 Å². The van der Waals surface area contributed by atoms with E-state index in [0.29, 0.717) is 18.1 Å². The van der Waals surface area contributed by atoms with Crippen LogP contribution in [0.2, 0.25) is 10.0 Å². The van der Waals surface area contributed by atoms with E-state index in [9.17, 15) is 54.2 Å². The maximum Gasteiger partial charge on any atom is 0.426 e. The van der Waals surface area contributed by atoms with Gasteiger partial charge in [0.05, 0.1) is 49.9 Å². The summed E-state index contributed by atoms with van der Waals surface area (Å²) in [6, 6.07) is 5.78. The molecule has 2 aliphatic rings. The molecule has 4 N–H and O–H groups in total. The second-order valence-electron chi connectivity index (χ2n) is 13.9. The summed E-state index contributed by atoms with van der Waals surface area (Å²) in [7, 11) is 1.60. The fourth-order valence-electron chi connectivity index (χ4n) is 6.69. The van der Waals surface area contributed by atoms with Crippen molar-refractivity contribution in [3.05, 3.63) is 45.4 Å². The number of halogens is 11. The highest BCUT2D eigenvalue weighted by Crippen LogP contribution is 2.41. The Morgan fingerprint density at radius 2 is 1.48 bits per heavy atom. The molecule has 2 heterocycles. The van der Waals surface area contributed by atoms with Crippen molar-refractivity contribution in [3.8, 4) is 0 Å². The van der Waals surface area contributed by atoms with E-state index in [1.807, 2.05) is 5.32 Å². The number of imidazole rings is 1. The van der Waals surface area contributed by atoms with E-state index in [-0.39, 0.29) is 102 Å². The topological polar surface area (TPSA) is 112 Å². The lowest BCUT2D eigenvalue weighted by molar-refractivity contribution is -0.245. The Kier molecular flexibility index (Phi) is 11.9. The first-order valence-electron chi connectivity index (χ1n) is 17.0. The van der Waals surface area contributed by atoms with Crippen LogP contribution in [0.4, 0.5) is 56.8 Å². The van der Waals surface area contributed by atoms with Crippen LogP contribution in [0.1, 0.15) is 61.4 Å².